The quantitative estimate of drug-likeness (QED) is 0.660. The van der Waals surface area contributed by atoms with Crippen LogP contribution in [0.1, 0.15) is 20.8 Å². The molecule has 4 nitrogen and oxygen atoms in total. The fourth-order valence-corrected chi connectivity index (χ4v) is 0.782. The van der Waals surface area contributed by atoms with Crippen LogP contribution in [0, 0.1) is 0 Å². The molecular formula is C8H18N2O2. The Morgan fingerprint density at radius 3 is 2.42 bits per heavy atom. The summed E-state index contributed by atoms with van der Waals surface area (Å²) in [7, 11) is 1.82. The first kappa shape index (κ1) is 11.2. The highest BCUT2D eigenvalue weighted by Gasteiger charge is 2.08. The Hall–Kier alpha value is -0.770. The molecule has 2 N–H and O–H groups in total. The van der Waals surface area contributed by atoms with Gasteiger partial charge in [-0.15, -0.1) is 0 Å². The fourth-order valence-electron chi connectivity index (χ4n) is 0.782. The lowest BCUT2D eigenvalue weighted by atomic mass is 10.4. The van der Waals surface area contributed by atoms with E-state index in [4.69, 9.17) is 4.74 Å². The fraction of sp³-hybridized carbons (Fsp3) is 0.875. The van der Waals surface area contributed by atoms with E-state index in [-0.39, 0.29) is 18.2 Å². The highest BCUT2D eigenvalue weighted by molar-refractivity contribution is 5.67. The van der Waals surface area contributed by atoms with Gasteiger partial charge in [-0.2, -0.15) is 0 Å². The zero-order chi connectivity index (χ0) is 9.56. The minimum absolute atomic E-state index is 0.0891. The van der Waals surface area contributed by atoms with E-state index in [9.17, 15) is 4.79 Å². The van der Waals surface area contributed by atoms with Gasteiger partial charge in [0.15, 0.2) is 0 Å². The topological polar surface area (TPSA) is 50.4 Å². The lowest BCUT2D eigenvalue weighted by Crippen LogP contribution is -2.35. The van der Waals surface area contributed by atoms with Crippen LogP contribution in [0.15, 0.2) is 0 Å². The van der Waals surface area contributed by atoms with E-state index < -0.39 is 0 Å². The maximum Gasteiger partial charge on any atom is 0.407 e. The highest BCUT2D eigenvalue weighted by atomic mass is 16.6. The van der Waals surface area contributed by atoms with Crippen LogP contribution in [0.4, 0.5) is 4.79 Å². The van der Waals surface area contributed by atoms with Crippen LogP contribution in [-0.4, -0.2) is 31.8 Å². The molecule has 0 saturated heterocycles. The molecule has 1 unspecified atom stereocenters. The van der Waals surface area contributed by atoms with Crippen LogP contribution in [-0.2, 0) is 4.74 Å². The van der Waals surface area contributed by atoms with Crippen molar-refractivity contribution >= 4 is 6.09 Å². The Labute approximate surface area is 73.7 Å². The van der Waals surface area contributed by atoms with Gasteiger partial charge in [0.2, 0.25) is 0 Å². The molecule has 0 aliphatic carbocycles. The smallest absolute Gasteiger partial charge is 0.407 e. The molecule has 4 heteroatoms. The predicted molar refractivity (Wildman–Crippen MR) is 48.1 cm³/mol. The molecule has 0 fully saturated rings. The summed E-state index contributed by atoms with van der Waals surface area (Å²) in [5, 5.41) is 5.56. The van der Waals surface area contributed by atoms with Crippen molar-refractivity contribution in [1.29, 1.82) is 0 Å². The standard InChI is InChI=1S/C8H18N2O2/c1-6(2)10-8(11)12-7(3)5-9-4/h6-7,9H,5H2,1-4H3,(H,10,11). The Morgan fingerprint density at radius 1 is 1.42 bits per heavy atom. The number of amides is 1. The maximum absolute atomic E-state index is 11.0. The number of ether oxygens (including phenoxy) is 1. The van der Waals surface area contributed by atoms with Gasteiger partial charge < -0.3 is 15.4 Å². The lowest BCUT2D eigenvalue weighted by Gasteiger charge is -2.14. The number of hydrogen-bond acceptors (Lipinski definition) is 3. The number of nitrogens with one attached hydrogen (secondary N) is 2. The molecule has 0 aliphatic heterocycles. The van der Waals surface area contributed by atoms with Gasteiger partial charge in [0.05, 0.1) is 0 Å². The molecule has 0 aromatic rings. The minimum atomic E-state index is -0.354. The van der Waals surface area contributed by atoms with E-state index in [2.05, 4.69) is 10.6 Å². The molecule has 0 aromatic carbocycles. The first-order valence-electron chi connectivity index (χ1n) is 4.18. The van der Waals surface area contributed by atoms with E-state index in [1.54, 1.807) is 0 Å². The number of alkyl carbamates (subject to hydrolysis) is 1. The highest BCUT2D eigenvalue weighted by Crippen LogP contribution is 1.90. The van der Waals surface area contributed by atoms with Gasteiger partial charge in [-0.25, -0.2) is 4.79 Å². The van der Waals surface area contributed by atoms with Gasteiger partial charge in [-0.3, -0.25) is 0 Å². The summed E-state index contributed by atoms with van der Waals surface area (Å²) in [6, 6.07) is 0.124. The Kier molecular flexibility index (Phi) is 5.45. The van der Waals surface area contributed by atoms with E-state index in [0.29, 0.717) is 6.54 Å². The van der Waals surface area contributed by atoms with Crippen LogP contribution < -0.4 is 10.6 Å². The zero-order valence-electron chi connectivity index (χ0n) is 8.18. The number of carbonyl (C=O) groups excluding carboxylic acids is 1. The van der Waals surface area contributed by atoms with Crippen molar-refractivity contribution in [3.63, 3.8) is 0 Å². The van der Waals surface area contributed by atoms with Crippen molar-refractivity contribution in [3.05, 3.63) is 0 Å². The van der Waals surface area contributed by atoms with Crippen LogP contribution in [0.2, 0.25) is 0 Å². The Morgan fingerprint density at radius 2 is 2.00 bits per heavy atom. The molecule has 1 amide bonds. The minimum Gasteiger partial charge on any atom is -0.445 e. The van der Waals surface area contributed by atoms with Gasteiger partial charge in [0, 0.05) is 12.6 Å². The number of carbonyl (C=O) groups is 1. The summed E-state index contributed by atoms with van der Waals surface area (Å²) in [5.74, 6) is 0. The summed E-state index contributed by atoms with van der Waals surface area (Å²) >= 11 is 0. The van der Waals surface area contributed by atoms with Crippen molar-refractivity contribution in [3.8, 4) is 0 Å². The monoisotopic (exact) mass is 174 g/mol. The second-order valence-corrected chi connectivity index (χ2v) is 3.07. The van der Waals surface area contributed by atoms with Crippen molar-refractivity contribution in [2.75, 3.05) is 13.6 Å². The van der Waals surface area contributed by atoms with Crippen LogP contribution in [0.25, 0.3) is 0 Å². The SMILES string of the molecule is CNCC(C)OC(=O)NC(C)C. The van der Waals surface area contributed by atoms with Crippen molar-refractivity contribution in [2.24, 2.45) is 0 Å². The predicted octanol–water partition coefficient (Wildman–Crippen LogP) is 0.729. The van der Waals surface area contributed by atoms with E-state index in [1.165, 1.54) is 0 Å². The molecule has 0 bridgehead atoms. The Balaban J connectivity index is 3.54. The first-order valence-corrected chi connectivity index (χ1v) is 4.18. The van der Waals surface area contributed by atoms with Crippen molar-refractivity contribution in [2.45, 2.75) is 32.9 Å². The molecule has 0 heterocycles. The maximum atomic E-state index is 11.0. The molecule has 0 spiro atoms. The molecule has 72 valence electrons. The largest absolute Gasteiger partial charge is 0.445 e. The Bertz CT molecular complexity index is 137. The normalized spacial score (nSPS) is 12.8. The van der Waals surface area contributed by atoms with Crippen molar-refractivity contribution in [1.82, 2.24) is 10.6 Å². The van der Waals surface area contributed by atoms with E-state index in [0.717, 1.165) is 0 Å². The van der Waals surface area contributed by atoms with Gasteiger partial charge in [0.25, 0.3) is 0 Å². The van der Waals surface area contributed by atoms with Gasteiger partial charge in [0.1, 0.15) is 6.10 Å². The van der Waals surface area contributed by atoms with Gasteiger partial charge in [-0.05, 0) is 27.8 Å². The summed E-state index contributed by atoms with van der Waals surface area (Å²) in [6.07, 6.45) is -0.443. The average molecular weight is 174 g/mol. The van der Waals surface area contributed by atoms with E-state index in [1.807, 2.05) is 27.8 Å². The molecule has 0 aliphatic rings. The second kappa shape index (κ2) is 5.83. The summed E-state index contributed by atoms with van der Waals surface area (Å²) in [6.45, 7) is 6.30. The third kappa shape index (κ3) is 5.97. The lowest BCUT2D eigenvalue weighted by molar-refractivity contribution is 0.105. The third-order valence-corrected chi connectivity index (χ3v) is 1.21. The molecule has 0 rings (SSSR count). The molecule has 0 saturated carbocycles. The molecule has 1 atom stereocenters. The van der Waals surface area contributed by atoms with Crippen molar-refractivity contribution < 1.29 is 9.53 Å². The summed E-state index contributed by atoms with van der Waals surface area (Å²) in [5.41, 5.74) is 0. The zero-order valence-corrected chi connectivity index (χ0v) is 8.18. The number of likely N-dealkylation sites (N-methyl/N-ethyl adjacent to an activating group) is 1. The van der Waals surface area contributed by atoms with Crippen LogP contribution in [0.3, 0.4) is 0 Å². The average Bonchev–Trinajstić information content (AvgIpc) is 1.84. The van der Waals surface area contributed by atoms with Gasteiger partial charge in [-0.1, -0.05) is 0 Å². The summed E-state index contributed by atoms with van der Waals surface area (Å²) < 4.78 is 4.99. The number of hydrogen-bond donors (Lipinski definition) is 2. The number of rotatable bonds is 4. The van der Waals surface area contributed by atoms with Crippen LogP contribution >= 0.6 is 0 Å². The molecule has 0 aromatic heterocycles. The summed E-state index contributed by atoms with van der Waals surface area (Å²) in [4.78, 5) is 11.0. The first-order chi connectivity index (χ1) is 5.56. The molecule has 12 heavy (non-hydrogen) atoms. The van der Waals surface area contributed by atoms with E-state index >= 15 is 0 Å². The molecule has 0 radical (unpaired) electrons. The van der Waals surface area contributed by atoms with Crippen LogP contribution in [0.5, 0.6) is 0 Å². The second-order valence-electron chi connectivity index (χ2n) is 3.07. The molecular weight excluding hydrogens is 156 g/mol. The van der Waals surface area contributed by atoms with Gasteiger partial charge >= 0.3 is 6.09 Å². The third-order valence-electron chi connectivity index (χ3n) is 1.21.